The molecular weight excluding hydrogens is 446 g/mol. The molecular formula is C26H31N5O2S. The Kier molecular flexibility index (Phi) is 6.89. The van der Waals surface area contributed by atoms with Crippen LogP contribution in [-0.4, -0.2) is 64.1 Å². The lowest BCUT2D eigenvalue weighted by atomic mass is 10.1. The van der Waals surface area contributed by atoms with E-state index in [1.165, 1.54) is 28.9 Å². The van der Waals surface area contributed by atoms with Crippen molar-refractivity contribution >= 4 is 28.6 Å². The van der Waals surface area contributed by atoms with Crippen LogP contribution in [0.1, 0.15) is 40.6 Å². The van der Waals surface area contributed by atoms with Crippen molar-refractivity contribution < 1.29 is 9.90 Å². The number of hydrogen-bond donors (Lipinski definition) is 2. The second-order valence-corrected chi connectivity index (χ2v) is 10.3. The smallest absolute Gasteiger partial charge is 0.208 e. The molecule has 0 unspecified atom stereocenters. The van der Waals surface area contributed by atoms with Crippen molar-refractivity contribution in [2.24, 2.45) is 5.92 Å². The Balaban J connectivity index is 1.20. The summed E-state index contributed by atoms with van der Waals surface area (Å²) in [5.41, 5.74) is 2.93. The van der Waals surface area contributed by atoms with Crippen molar-refractivity contribution in [1.82, 2.24) is 14.9 Å². The van der Waals surface area contributed by atoms with E-state index in [0.29, 0.717) is 22.7 Å². The van der Waals surface area contributed by atoms with E-state index in [0.717, 1.165) is 39.1 Å². The molecule has 5 rings (SSSR count). The molecule has 1 aliphatic heterocycles. The van der Waals surface area contributed by atoms with Crippen LogP contribution in [0, 0.1) is 5.92 Å². The zero-order chi connectivity index (χ0) is 23.5. The third kappa shape index (κ3) is 5.14. The largest absolute Gasteiger partial charge is 0.393 e. The van der Waals surface area contributed by atoms with Crippen molar-refractivity contribution in [2.45, 2.75) is 38.5 Å². The van der Waals surface area contributed by atoms with Crippen molar-refractivity contribution in [2.75, 3.05) is 36.4 Å². The first-order valence-electron chi connectivity index (χ1n) is 12.0. The molecule has 2 aliphatic rings. The molecule has 2 fully saturated rings. The van der Waals surface area contributed by atoms with Gasteiger partial charge in [-0.15, -0.1) is 11.3 Å². The number of anilines is 2. The van der Waals surface area contributed by atoms with Gasteiger partial charge in [0.05, 0.1) is 16.5 Å². The molecule has 8 heteroatoms. The average Bonchev–Trinajstić information content (AvgIpc) is 3.45. The highest BCUT2D eigenvalue weighted by Gasteiger charge is 2.31. The molecule has 34 heavy (non-hydrogen) atoms. The number of piperazine rings is 1. The highest BCUT2D eigenvalue weighted by Crippen LogP contribution is 2.29. The molecule has 0 bridgehead atoms. The number of hydrogen-bond acceptors (Lipinski definition) is 8. The molecule has 7 nitrogen and oxygen atoms in total. The molecule has 0 spiro atoms. The zero-order valence-corrected chi connectivity index (χ0v) is 20.2. The van der Waals surface area contributed by atoms with Gasteiger partial charge in [0.25, 0.3) is 0 Å². The van der Waals surface area contributed by atoms with E-state index in [2.05, 4.69) is 60.8 Å². The van der Waals surface area contributed by atoms with Crippen molar-refractivity contribution in [1.29, 1.82) is 0 Å². The summed E-state index contributed by atoms with van der Waals surface area (Å²) in [6, 6.07) is 12.7. The summed E-state index contributed by atoms with van der Waals surface area (Å²) < 4.78 is 0. The van der Waals surface area contributed by atoms with E-state index in [1.54, 1.807) is 6.20 Å². The van der Waals surface area contributed by atoms with Gasteiger partial charge in [0.2, 0.25) is 5.78 Å². The molecule has 2 aromatic heterocycles. The quantitative estimate of drug-likeness (QED) is 0.503. The van der Waals surface area contributed by atoms with Crippen molar-refractivity contribution in [3.8, 4) is 0 Å². The third-order valence-electron chi connectivity index (χ3n) is 6.91. The third-order valence-corrected chi connectivity index (χ3v) is 7.89. The number of aliphatic hydroxyl groups excluding tert-OH is 1. The molecule has 0 amide bonds. The Morgan fingerprint density at radius 1 is 1.18 bits per heavy atom. The predicted molar refractivity (Wildman–Crippen MR) is 136 cm³/mol. The second-order valence-electron chi connectivity index (χ2n) is 9.39. The lowest BCUT2D eigenvalue weighted by Crippen LogP contribution is -2.45. The molecule has 1 saturated heterocycles. The van der Waals surface area contributed by atoms with Gasteiger partial charge in [-0.05, 0) is 47.9 Å². The molecule has 0 radical (unpaired) electrons. The van der Waals surface area contributed by atoms with Crippen LogP contribution in [0.3, 0.4) is 0 Å². The Labute approximate surface area is 204 Å². The molecule has 1 aromatic carbocycles. The van der Waals surface area contributed by atoms with Gasteiger partial charge in [-0.1, -0.05) is 25.1 Å². The highest BCUT2D eigenvalue weighted by molar-refractivity contribution is 7.12. The first-order chi connectivity index (χ1) is 16.6. The minimum Gasteiger partial charge on any atom is -0.393 e. The number of para-hydroxylation sites is 1. The van der Waals surface area contributed by atoms with E-state index in [9.17, 15) is 9.90 Å². The van der Waals surface area contributed by atoms with Crippen LogP contribution >= 0.6 is 11.3 Å². The maximum atomic E-state index is 13.3. The molecule has 1 aliphatic carbocycles. The minimum atomic E-state index is -0.312. The molecule has 178 valence electrons. The van der Waals surface area contributed by atoms with Crippen LogP contribution in [0.2, 0.25) is 0 Å². The van der Waals surface area contributed by atoms with Gasteiger partial charge in [-0.2, -0.15) is 0 Å². The number of nitrogens with zero attached hydrogens (tertiary/aromatic N) is 4. The zero-order valence-electron chi connectivity index (χ0n) is 19.4. The lowest BCUT2D eigenvalue weighted by molar-refractivity contribution is 0.104. The maximum absolute atomic E-state index is 13.3. The summed E-state index contributed by atoms with van der Waals surface area (Å²) in [6.07, 6.45) is 4.27. The van der Waals surface area contributed by atoms with E-state index >= 15 is 0 Å². The van der Waals surface area contributed by atoms with E-state index in [-0.39, 0.29) is 23.8 Å². The van der Waals surface area contributed by atoms with E-state index in [1.807, 2.05) is 13.0 Å². The summed E-state index contributed by atoms with van der Waals surface area (Å²) in [7, 11) is 0. The fourth-order valence-corrected chi connectivity index (χ4v) is 5.78. The number of aliphatic hydroxyl groups is 1. The lowest BCUT2D eigenvalue weighted by Gasteiger charge is -2.36. The van der Waals surface area contributed by atoms with Gasteiger partial charge in [0.15, 0.2) is 0 Å². The van der Waals surface area contributed by atoms with E-state index < -0.39 is 0 Å². The number of benzene rings is 1. The second kappa shape index (κ2) is 10.2. The average molecular weight is 478 g/mol. The number of ketones is 1. The molecule has 3 atom stereocenters. The Morgan fingerprint density at radius 2 is 1.97 bits per heavy atom. The Bertz CT molecular complexity index is 1100. The predicted octanol–water partition coefficient (Wildman–Crippen LogP) is 3.66. The molecule has 1 saturated carbocycles. The number of carbonyl (C=O) groups excluding carboxylic acids is 1. The summed E-state index contributed by atoms with van der Waals surface area (Å²) >= 11 is 1.48. The summed E-state index contributed by atoms with van der Waals surface area (Å²) in [5, 5.41) is 15.5. The maximum Gasteiger partial charge on any atom is 0.208 e. The standard InChI is InChI=1S/C26H31N5O2S/c1-18-11-20(13-23(18)32)29-26-22(14-27-17-28-26)25(33)24-12-19(16-34-24)15-30-7-9-31(10-8-30)21-5-3-2-4-6-21/h2-6,12,14,16-18,20,23,32H,7-11,13,15H2,1H3,(H,27,28,29)/t18-,20-,23+/m1/s1. The van der Waals surface area contributed by atoms with Crippen LogP contribution in [0.15, 0.2) is 54.3 Å². The van der Waals surface area contributed by atoms with Gasteiger partial charge >= 0.3 is 0 Å². The fourth-order valence-electron chi connectivity index (χ4n) is 4.92. The Morgan fingerprint density at radius 3 is 2.71 bits per heavy atom. The number of rotatable bonds is 7. The summed E-state index contributed by atoms with van der Waals surface area (Å²) in [4.78, 5) is 27.3. The SMILES string of the molecule is C[C@@H]1C[C@@H](Nc2ncncc2C(=O)c2cc(CN3CCN(c4ccccc4)CC3)cs2)C[C@@H]1O. The molecule has 3 aromatic rings. The number of nitrogens with one attached hydrogen (secondary N) is 1. The van der Waals surface area contributed by atoms with Gasteiger partial charge in [-0.25, -0.2) is 9.97 Å². The van der Waals surface area contributed by atoms with Crippen LogP contribution in [0.4, 0.5) is 11.5 Å². The van der Waals surface area contributed by atoms with Crippen LogP contribution in [-0.2, 0) is 6.54 Å². The fraction of sp³-hybridized carbons (Fsp3) is 0.423. The van der Waals surface area contributed by atoms with Gasteiger partial charge < -0.3 is 15.3 Å². The highest BCUT2D eigenvalue weighted by atomic mass is 32.1. The normalized spacial score (nSPS) is 23.2. The van der Waals surface area contributed by atoms with Crippen LogP contribution < -0.4 is 10.2 Å². The van der Waals surface area contributed by atoms with Gasteiger partial charge in [0, 0.05) is 50.6 Å². The summed E-state index contributed by atoms with van der Waals surface area (Å²) in [5.74, 6) is 0.742. The first kappa shape index (κ1) is 23.0. The minimum absolute atomic E-state index is 0.0557. The monoisotopic (exact) mass is 477 g/mol. The van der Waals surface area contributed by atoms with Gasteiger partial charge in [0.1, 0.15) is 12.1 Å². The number of aromatic nitrogens is 2. The van der Waals surface area contributed by atoms with Gasteiger partial charge in [-0.3, -0.25) is 9.69 Å². The molecule has 2 N–H and O–H groups in total. The Hall–Kier alpha value is -2.81. The van der Waals surface area contributed by atoms with Crippen molar-refractivity contribution in [3.05, 3.63) is 70.3 Å². The topological polar surface area (TPSA) is 81.6 Å². The van der Waals surface area contributed by atoms with Crippen LogP contribution in [0.5, 0.6) is 0 Å². The summed E-state index contributed by atoms with van der Waals surface area (Å²) in [6.45, 7) is 6.91. The van der Waals surface area contributed by atoms with Crippen LogP contribution in [0.25, 0.3) is 0 Å². The molecule has 3 heterocycles. The number of carbonyl (C=O) groups is 1. The number of thiophene rings is 1. The first-order valence-corrected chi connectivity index (χ1v) is 12.8. The van der Waals surface area contributed by atoms with E-state index in [4.69, 9.17) is 0 Å². The van der Waals surface area contributed by atoms with Crippen molar-refractivity contribution in [3.63, 3.8) is 0 Å².